The van der Waals surface area contributed by atoms with Crippen molar-refractivity contribution >= 4 is 26.7 Å². The second-order valence-electron chi connectivity index (χ2n) is 8.03. The van der Waals surface area contributed by atoms with Crippen LogP contribution in [0.4, 0.5) is 0 Å². The van der Waals surface area contributed by atoms with Crippen molar-refractivity contribution in [2.75, 3.05) is 26.2 Å². The molecular formula is C25H23N3O4S. The monoisotopic (exact) mass is 461 g/mol. The number of nitrogens with zero attached hydrogens (tertiary/aromatic N) is 3. The minimum atomic E-state index is -3.65. The number of sulfonamides is 1. The molecule has 0 bridgehead atoms. The molecule has 0 aliphatic carbocycles. The van der Waals surface area contributed by atoms with Crippen molar-refractivity contribution in [1.29, 1.82) is 0 Å². The van der Waals surface area contributed by atoms with Crippen LogP contribution in [0.25, 0.3) is 22.0 Å². The van der Waals surface area contributed by atoms with Crippen molar-refractivity contribution < 1.29 is 17.7 Å². The van der Waals surface area contributed by atoms with E-state index in [1.807, 2.05) is 60.7 Å². The predicted octanol–water partition coefficient (Wildman–Crippen LogP) is 3.95. The number of aryl methyl sites for hydroxylation is 1. The summed E-state index contributed by atoms with van der Waals surface area (Å²) in [5, 5.41) is 5.96. The van der Waals surface area contributed by atoms with Crippen LogP contribution in [0.15, 0.2) is 82.2 Å². The lowest BCUT2D eigenvalue weighted by atomic mass is 10.0. The van der Waals surface area contributed by atoms with Crippen molar-refractivity contribution in [1.82, 2.24) is 14.4 Å². The molecule has 5 rings (SSSR count). The highest BCUT2D eigenvalue weighted by molar-refractivity contribution is 7.89. The van der Waals surface area contributed by atoms with Crippen LogP contribution in [0.3, 0.4) is 0 Å². The molecule has 8 heteroatoms. The number of carbonyl (C=O) groups excluding carboxylic acids is 1. The molecule has 1 fully saturated rings. The number of piperazine rings is 1. The number of fused-ring (bicyclic) bond motifs is 1. The second kappa shape index (κ2) is 8.46. The fourth-order valence-corrected chi connectivity index (χ4v) is 5.64. The minimum Gasteiger partial charge on any atom is -0.360 e. The number of aromatic nitrogens is 1. The van der Waals surface area contributed by atoms with Crippen LogP contribution in [0, 0.1) is 6.92 Å². The Kier molecular flexibility index (Phi) is 5.47. The quantitative estimate of drug-likeness (QED) is 0.460. The van der Waals surface area contributed by atoms with Crippen LogP contribution in [0.5, 0.6) is 0 Å². The van der Waals surface area contributed by atoms with E-state index in [2.05, 4.69) is 5.16 Å². The first-order valence-corrected chi connectivity index (χ1v) is 12.2. The molecule has 168 valence electrons. The number of amides is 1. The summed E-state index contributed by atoms with van der Waals surface area (Å²) in [6.45, 7) is 2.76. The first-order valence-electron chi connectivity index (χ1n) is 10.7. The maximum atomic E-state index is 13.3. The molecule has 0 atom stereocenters. The molecule has 0 unspecified atom stereocenters. The van der Waals surface area contributed by atoms with Crippen LogP contribution in [0.1, 0.15) is 16.1 Å². The average molecular weight is 462 g/mol. The highest BCUT2D eigenvalue weighted by Gasteiger charge is 2.33. The molecular weight excluding hydrogens is 438 g/mol. The summed E-state index contributed by atoms with van der Waals surface area (Å²) in [5.74, 6) is 0.250. The van der Waals surface area contributed by atoms with E-state index in [1.165, 1.54) is 4.31 Å². The molecule has 1 aliphatic heterocycles. The van der Waals surface area contributed by atoms with Gasteiger partial charge in [-0.15, -0.1) is 0 Å². The summed E-state index contributed by atoms with van der Waals surface area (Å²) in [5.41, 5.74) is 1.73. The summed E-state index contributed by atoms with van der Waals surface area (Å²) in [6.07, 6.45) is 0. The Morgan fingerprint density at radius 3 is 2.27 bits per heavy atom. The van der Waals surface area contributed by atoms with Crippen molar-refractivity contribution in [3.8, 4) is 11.3 Å². The van der Waals surface area contributed by atoms with Crippen LogP contribution in [0.2, 0.25) is 0 Å². The number of benzene rings is 3. The first kappa shape index (κ1) is 21.4. The van der Waals surface area contributed by atoms with Gasteiger partial charge in [-0.3, -0.25) is 4.79 Å². The third-order valence-corrected chi connectivity index (χ3v) is 7.90. The second-order valence-corrected chi connectivity index (χ2v) is 9.97. The van der Waals surface area contributed by atoms with Gasteiger partial charge in [-0.1, -0.05) is 65.8 Å². The Balaban J connectivity index is 1.34. The third-order valence-electron chi connectivity index (χ3n) is 6.01. The van der Waals surface area contributed by atoms with Crippen LogP contribution < -0.4 is 0 Å². The van der Waals surface area contributed by atoms with E-state index >= 15 is 0 Å². The highest BCUT2D eigenvalue weighted by atomic mass is 32.2. The molecule has 7 nitrogen and oxygen atoms in total. The fourth-order valence-electron chi connectivity index (χ4n) is 4.18. The molecule has 2 heterocycles. The largest absolute Gasteiger partial charge is 0.360 e. The van der Waals surface area contributed by atoms with Gasteiger partial charge in [0.2, 0.25) is 10.0 Å². The van der Waals surface area contributed by atoms with E-state index in [0.717, 1.165) is 16.3 Å². The zero-order valence-electron chi connectivity index (χ0n) is 18.1. The average Bonchev–Trinajstić information content (AvgIpc) is 3.25. The fraction of sp³-hybridized carbons (Fsp3) is 0.200. The van der Waals surface area contributed by atoms with Crippen molar-refractivity contribution in [2.45, 2.75) is 11.8 Å². The molecule has 0 radical (unpaired) electrons. The molecule has 3 aromatic carbocycles. The molecule has 4 aromatic rings. The van der Waals surface area contributed by atoms with E-state index in [4.69, 9.17) is 4.52 Å². The lowest BCUT2D eigenvalue weighted by molar-refractivity contribution is 0.0697. The van der Waals surface area contributed by atoms with Gasteiger partial charge in [-0.25, -0.2) is 8.42 Å². The first-order chi connectivity index (χ1) is 15.9. The Morgan fingerprint density at radius 2 is 1.55 bits per heavy atom. The van der Waals surface area contributed by atoms with Crippen LogP contribution in [-0.4, -0.2) is 54.9 Å². The highest BCUT2D eigenvalue weighted by Crippen LogP contribution is 2.28. The van der Waals surface area contributed by atoms with Crippen molar-refractivity contribution in [3.63, 3.8) is 0 Å². The van der Waals surface area contributed by atoms with Gasteiger partial charge in [0.25, 0.3) is 5.91 Å². The van der Waals surface area contributed by atoms with Gasteiger partial charge in [0.1, 0.15) is 17.0 Å². The lowest BCUT2D eigenvalue weighted by Gasteiger charge is -2.34. The standard InChI is InChI=1S/C25H23N3O4S/c1-18-23(24(26-32-18)20-8-3-2-4-9-20)25(29)27-13-15-28(16-14-27)33(30,31)22-12-11-19-7-5-6-10-21(19)17-22/h2-12,17H,13-16H2,1H3. The Morgan fingerprint density at radius 1 is 0.879 bits per heavy atom. The third kappa shape index (κ3) is 3.92. The van der Waals surface area contributed by atoms with Gasteiger partial charge in [0.05, 0.1) is 4.90 Å². The van der Waals surface area contributed by atoms with Gasteiger partial charge in [-0.2, -0.15) is 4.31 Å². The number of hydrogen-bond donors (Lipinski definition) is 0. The zero-order valence-corrected chi connectivity index (χ0v) is 19.0. The summed E-state index contributed by atoms with van der Waals surface area (Å²) in [4.78, 5) is 15.2. The summed E-state index contributed by atoms with van der Waals surface area (Å²) in [7, 11) is -3.65. The van der Waals surface area contributed by atoms with E-state index in [0.29, 0.717) is 30.1 Å². The van der Waals surface area contributed by atoms with Crippen LogP contribution in [-0.2, 0) is 10.0 Å². The van der Waals surface area contributed by atoms with Gasteiger partial charge < -0.3 is 9.42 Å². The molecule has 33 heavy (non-hydrogen) atoms. The maximum absolute atomic E-state index is 13.3. The normalized spacial score (nSPS) is 15.1. The topological polar surface area (TPSA) is 83.7 Å². The van der Waals surface area contributed by atoms with Gasteiger partial charge in [-0.05, 0) is 29.8 Å². The smallest absolute Gasteiger partial charge is 0.259 e. The van der Waals surface area contributed by atoms with Crippen molar-refractivity contribution in [3.05, 3.63) is 84.1 Å². The Hall–Kier alpha value is -3.49. The molecule has 1 saturated heterocycles. The summed E-state index contributed by atoms with van der Waals surface area (Å²) >= 11 is 0. The van der Waals surface area contributed by atoms with E-state index in [9.17, 15) is 13.2 Å². The molecule has 1 aliphatic rings. The number of hydrogen-bond acceptors (Lipinski definition) is 5. The number of rotatable bonds is 4. The summed E-state index contributed by atoms with van der Waals surface area (Å²) < 4.78 is 33.2. The SMILES string of the molecule is Cc1onc(-c2ccccc2)c1C(=O)N1CCN(S(=O)(=O)c2ccc3ccccc3c2)CC1. The zero-order chi connectivity index (χ0) is 23.0. The van der Waals surface area contributed by atoms with Gasteiger partial charge >= 0.3 is 0 Å². The van der Waals surface area contributed by atoms with E-state index < -0.39 is 10.0 Å². The number of carbonyl (C=O) groups is 1. The maximum Gasteiger partial charge on any atom is 0.259 e. The van der Waals surface area contributed by atoms with E-state index in [1.54, 1.807) is 24.0 Å². The van der Waals surface area contributed by atoms with Gasteiger partial charge in [0.15, 0.2) is 0 Å². The predicted molar refractivity (Wildman–Crippen MR) is 125 cm³/mol. The van der Waals surface area contributed by atoms with Crippen LogP contribution >= 0.6 is 0 Å². The Labute approximate surface area is 192 Å². The lowest BCUT2D eigenvalue weighted by Crippen LogP contribution is -2.50. The summed E-state index contributed by atoms with van der Waals surface area (Å²) in [6, 6.07) is 22.2. The molecule has 0 spiro atoms. The molecule has 1 amide bonds. The van der Waals surface area contributed by atoms with E-state index in [-0.39, 0.29) is 23.9 Å². The Bertz CT molecular complexity index is 1420. The van der Waals surface area contributed by atoms with Crippen molar-refractivity contribution in [2.24, 2.45) is 0 Å². The molecule has 0 saturated carbocycles. The molecule has 0 N–H and O–H groups in total. The minimum absolute atomic E-state index is 0.199. The molecule has 1 aromatic heterocycles. The van der Waals surface area contributed by atoms with Gasteiger partial charge in [0, 0.05) is 31.7 Å².